The van der Waals surface area contributed by atoms with Crippen LogP contribution in [-0.4, -0.2) is 33.5 Å². The van der Waals surface area contributed by atoms with Crippen LogP contribution in [0.5, 0.6) is 5.88 Å². The topological polar surface area (TPSA) is 83.1 Å². The van der Waals surface area contributed by atoms with Gasteiger partial charge < -0.3 is 15.2 Å². The van der Waals surface area contributed by atoms with Crippen LogP contribution in [0.15, 0.2) is 48.8 Å². The van der Waals surface area contributed by atoms with E-state index in [0.717, 1.165) is 22.5 Å². The molecule has 3 aromatic rings. The number of ether oxygens (including phenoxy) is 1. The van der Waals surface area contributed by atoms with Gasteiger partial charge in [0.25, 0.3) is 0 Å². The number of aliphatic hydroxyl groups excluding tert-OH is 1. The van der Waals surface area contributed by atoms with Crippen molar-refractivity contribution in [1.29, 1.82) is 0 Å². The van der Waals surface area contributed by atoms with Crippen molar-refractivity contribution < 1.29 is 14.2 Å². The second-order valence-corrected chi connectivity index (χ2v) is 5.09. The number of H-pyrrole nitrogens is 1. The molecule has 3 N–H and O–H groups in total. The highest BCUT2D eigenvalue weighted by Crippen LogP contribution is 2.22. The molecule has 0 amide bonds. The molecular weight excluding hydrogens is 311 g/mol. The molecule has 0 bridgehead atoms. The number of hydrogen-bond acceptors (Lipinski definition) is 5. The molecule has 2 heterocycles. The van der Waals surface area contributed by atoms with E-state index in [0.29, 0.717) is 12.4 Å². The first-order chi connectivity index (χ1) is 11.8. The number of halogens is 1. The van der Waals surface area contributed by atoms with Gasteiger partial charge in [0.1, 0.15) is 12.4 Å². The van der Waals surface area contributed by atoms with E-state index in [1.54, 1.807) is 30.6 Å². The molecule has 0 fully saturated rings. The molecule has 0 atom stereocenters. The van der Waals surface area contributed by atoms with E-state index in [4.69, 9.17) is 9.84 Å². The van der Waals surface area contributed by atoms with Crippen molar-refractivity contribution in [2.75, 3.05) is 18.5 Å². The molecule has 0 aliphatic rings. The number of benzene rings is 1. The zero-order chi connectivity index (χ0) is 16.8. The van der Waals surface area contributed by atoms with E-state index >= 15 is 0 Å². The summed E-state index contributed by atoms with van der Waals surface area (Å²) in [5, 5.41) is 19.0. The summed E-state index contributed by atoms with van der Waals surface area (Å²) < 4.78 is 18.3. The van der Waals surface area contributed by atoms with Crippen molar-refractivity contribution in [1.82, 2.24) is 15.2 Å². The number of aliphatic hydroxyl groups is 1. The second kappa shape index (κ2) is 7.56. The van der Waals surface area contributed by atoms with Crippen LogP contribution < -0.4 is 10.1 Å². The Hall–Kier alpha value is -2.93. The van der Waals surface area contributed by atoms with E-state index in [2.05, 4.69) is 20.5 Å². The number of hydrogen-bond donors (Lipinski definition) is 3. The van der Waals surface area contributed by atoms with Crippen molar-refractivity contribution in [3.8, 4) is 17.1 Å². The van der Waals surface area contributed by atoms with Crippen LogP contribution in [0.25, 0.3) is 11.3 Å². The summed E-state index contributed by atoms with van der Waals surface area (Å²) in [6.07, 6.45) is 3.39. The van der Waals surface area contributed by atoms with Crippen LogP contribution in [0, 0.1) is 5.82 Å². The maximum Gasteiger partial charge on any atom is 0.213 e. The lowest BCUT2D eigenvalue weighted by Crippen LogP contribution is -2.04. The van der Waals surface area contributed by atoms with Gasteiger partial charge in [-0.3, -0.25) is 5.10 Å². The van der Waals surface area contributed by atoms with Gasteiger partial charge in [-0.1, -0.05) is 0 Å². The van der Waals surface area contributed by atoms with Crippen LogP contribution >= 0.6 is 0 Å². The Morgan fingerprint density at radius 1 is 1.12 bits per heavy atom. The van der Waals surface area contributed by atoms with E-state index < -0.39 is 0 Å². The molecule has 0 radical (unpaired) electrons. The summed E-state index contributed by atoms with van der Waals surface area (Å²) >= 11 is 0. The monoisotopic (exact) mass is 328 g/mol. The minimum Gasteiger partial charge on any atom is -0.475 e. The van der Waals surface area contributed by atoms with Crippen LogP contribution in [0.4, 0.5) is 10.1 Å². The van der Waals surface area contributed by atoms with Gasteiger partial charge in [0, 0.05) is 23.7 Å². The van der Waals surface area contributed by atoms with E-state index in [9.17, 15) is 4.39 Å². The Bertz CT molecular complexity index is 772. The Labute approximate surface area is 138 Å². The van der Waals surface area contributed by atoms with Gasteiger partial charge in [-0.15, -0.1) is 0 Å². The largest absolute Gasteiger partial charge is 0.475 e. The van der Waals surface area contributed by atoms with Crippen molar-refractivity contribution in [3.05, 3.63) is 60.2 Å². The van der Waals surface area contributed by atoms with Gasteiger partial charge in [0.2, 0.25) is 5.88 Å². The number of anilines is 1. The first-order valence-electron chi connectivity index (χ1n) is 7.48. The molecule has 2 aromatic heterocycles. The van der Waals surface area contributed by atoms with E-state index in [-0.39, 0.29) is 19.0 Å². The average molecular weight is 328 g/mol. The Balaban J connectivity index is 1.65. The quantitative estimate of drug-likeness (QED) is 0.621. The number of aromatic nitrogens is 3. The van der Waals surface area contributed by atoms with E-state index in [1.165, 1.54) is 12.1 Å². The highest BCUT2D eigenvalue weighted by Gasteiger charge is 2.08. The normalized spacial score (nSPS) is 10.6. The van der Waals surface area contributed by atoms with Gasteiger partial charge >= 0.3 is 0 Å². The molecule has 0 spiro atoms. The fourth-order valence-electron chi connectivity index (χ4n) is 2.23. The molecule has 1 aromatic carbocycles. The SMILES string of the molecule is OCCOc1ccc(NCc2cn[nH]c2-c2ccc(F)cc2)cn1. The Morgan fingerprint density at radius 2 is 1.96 bits per heavy atom. The molecule has 6 nitrogen and oxygen atoms in total. The van der Waals surface area contributed by atoms with Crippen LogP contribution in [0.1, 0.15) is 5.56 Å². The first-order valence-corrected chi connectivity index (χ1v) is 7.48. The summed E-state index contributed by atoms with van der Waals surface area (Å²) in [4.78, 5) is 4.15. The van der Waals surface area contributed by atoms with Gasteiger partial charge in [-0.25, -0.2) is 9.37 Å². The van der Waals surface area contributed by atoms with Crippen LogP contribution in [-0.2, 0) is 6.54 Å². The predicted octanol–water partition coefficient (Wildman–Crippen LogP) is 2.59. The molecular formula is C17H17FN4O2. The average Bonchev–Trinajstić information content (AvgIpc) is 3.08. The number of nitrogens with one attached hydrogen (secondary N) is 2. The van der Waals surface area contributed by atoms with Crippen molar-refractivity contribution in [3.63, 3.8) is 0 Å². The van der Waals surface area contributed by atoms with Crippen LogP contribution in [0.3, 0.4) is 0 Å². The number of aromatic amines is 1. The van der Waals surface area contributed by atoms with Crippen molar-refractivity contribution >= 4 is 5.69 Å². The predicted molar refractivity (Wildman–Crippen MR) is 88.1 cm³/mol. The van der Waals surface area contributed by atoms with Crippen LogP contribution in [0.2, 0.25) is 0 Å². The fraction of sp³-hybridized carbons (Fsp3) is 0.176. The zero-order valence-electron chi connectivity index (χ0n) is 12.9. The first kappa shape index (κ1) is 15.9. The third-order valence-corrected chi connectivity index (χ3v) is 3.41. The summed E-state index contributed by atoms with van der Waals surface area (Å²) in [5.74, 6) is 0.192. The molecule has 124 valence electrons. The van der Waals surface area contributed by atoms with Gasteiger partial charge in [-0.2, -0.15) is 5.10 Å². The smallest absolute Gasteiger partial charge is 0.213 e. The molecule has 0 unspecified atom stereocenters. The highest BCUT2D eigenvalue weighted by molar-refractivity contribution is 5.63. The molecule has 24 heavy (non-hydrogen) atoms. The highest BCUT2D eigenvalue weighted by atomic mass is 19.1. The summed E-state index contributed by atoms with van der Waals surface area (Å²) in [6, 6.07) is 9.83. The summed E-state index contributed by atoms with van der Waals surface area (Å²) in [7, 11) is 0. The molecule has 0 saturated carbocycles. The number of rotatable bonds is 7. The molecule has 0 saturated heterocycles. The maximum atomic E-state index is 13.0. The van der Waals surface area contributed by atoms with E-state index in [1.807, 2.05) is 6.07 Å². The standard InChI is InChI=1S/C17H17FN4O2/c18-14-3-1-12(2-4-14)17-13(10-21-22-17)9-19-15-5-6-16(20-11-15)24-8-7-23/h1-6,10-11,19,23H,7-9H2,(H,21,22). The fourth-order valence-corrected chi connectivity index (χ4v) is 2.23. The lowest BCUT2D eigenvalue weighted by atomic mass is 10.1. The Morgan fingerprint density at radius 3 is 2.67 bits per heavy atom. The maximum absolute atomic E-state index is 13.0. The number of pyridine rings is 1. The van der Waals surface area contributed by atoms with Crippen molar-refractivity contribution in [2.24, 2.45) is 0 Å². The minimum absolute atomic E-state index is 0.0473. The summed E-state index contributed by atoms with van der Waals surface area (Å²) in [6.45, 7) is 0.714. The third-order valence-electron chi connectivity index (χ3n) is 3.41. The Kier molecular flexibility index (Phi) is 5.02. The number of nitrogens with zero attached hydrogens (tertiary/aromatic N) is 2. The van der Waals surface area contributed by atoms with Gasteiger partial charge in [0.05, 0.1) is 30.4 Å². The third kappa shape index (κ3) is 3.88. The second-order valence-electron chi connectivity index (χ2n) is 5.09. The summed E-state index contributed by atoms with van der Waals surface area (Å²) in [5.41, 5.74) is 3.51. The molecule has 0 aliphatic heterocycles. The molecule has 0 aliphatic carbocycles. The molecule has 3 rings (SSSR count). The lowest BCUT2D eigenvalue weighted by molar-refractivity contribution is 0.196. The minimum atomic E-state index is -0.271. The lowest BCUT2D eigenvalue weighted by Gasteiger charge is -2.08. The molecule has 7 heteroatoms. The zero-order valence-corrected chi connectivity index (χ0v) is 12.9. The van der Waals surface area contributed by atoms with Crippen molar-refractivity contribution in [2.45, 2.75) is 6.54 Å². The van der Waals surface area contributed by atoms with Gasteiger partial charge in [-0.05, 0) is 30.3 Å². The van der Waals surface area contributed by atoms with Gasteiger partial charge in [0.15, 0.2) is 0 Å².